The Balaban J connectivity index is 1.60. The highest BCUT2D eigenvalue weighted by Gasteiger charge is 2.48. The minimum absolute atomic E-state index is 0.0156. The van der Waals surface area contributed by atoms with E-state index in [2.05, 4.69) is 10.3 Å². The maximum Gasteiger partial charge on any atom is 0.252 e. The number of benzene rings is 2. The quantitative estimate of drug-likeness (QED) is 0.382. The first-order valence-corrected chi connectivity index (χ1v) is 13.2. The van der Waals surface area contributed by atoms with Crippen LogP contribution in [0.4, 0.5) is 24.7 Å². The highest BCUT2D eigenvalue weighted by Crippen LogP contribution is 2.40. The van der Waals surface area contributed by atoms with Gasteiger partial charge in [-0.05, 0) is 42.8 Å². The fraction of sp³-hybridized carbons (Fsp3) is 0.286. The normalized spacial score (nSPS) is 19.2. The number of alkyl halides is 2. The van der Waals surface area contributed by atoms with Gasteiger partial charge in [-0.25, -0.2) is 18.2 Å². The molecule has 40 heavy (non-hydrogen) atoms. The number of carbonyl (C=O) groups excluding carboxylic acids is 3. The Hall–Kier alpha value is -3.63. The van der Waals surface area contributed by atoms with Gasteiger partial charge < -0.3 is 5.32 Å². The largest absolute Gasteiger partial charge is 0.351 e. The number of hydrogen-bond acceptors (Lipinski definition) is 4. The highest BCUT2D eigenvalue weighted by molar-refractivity contribution is 6.32. The summed E-state index contributed by atoms with van der Waals surface area (Å²) in [5, 5.41) is 3.02. The molecule has 0 bridgehead atoms. The number of carbonyl (C=O) groups is 3. The van der Waals surface area contributed by atoms with Crippen molar-refractivity contribution in [2.75, 3.05) is 9.80 Å². The lowest BCUT2D eigenvalue weighted by Gasteiger charge is -2.39. The number of amides is 3. The van der Waals surface area contributed by atoms with Crippen molar-refractivity contribution in [2.45, 2.75) is 49.7 Å². The van der Waals surface area contributed by atoms with Crippen molar-refractivity contribution in [3.8, 4) is 0 Å². The van der Waals surface area contributed by atoms with Crippen molar-refractivity contribution < 1.29 is 27.6 Å². The van der Waals surface area contributed by atoms with Crippen LogP contribution in [0.3, 0.4) is 0 Å². The average molecular weight is 591 g/mol. The molecule has 0 radical (unpaired) electrons. The number of halogens is 5. The van der Waals surface area contributed by atoms with E-state index in [1.54, 1.807) is 12.1 Å². The van der Waals surface area contributed by atoms with Gasteiger partial charge in [0, 0.05) is 52.8 Å². The van der Waals surface area contributed by atoms with Crippen LogP contribution in [0.15, 0.2) is 66.9 Å². The van der Waals surface area contributed by atoms with Crippen LogP contribution in [0, 0.1) is 5.82 Å². The van der Waals surface area contributed by atoms with E-state index in [-0.39, 0.29) is 40.8 Å². The maximum atomic E-state index is 14.5. The molecule has 2 heterocycles. The second-order valence-electron chi connectivity index (χ2n) is 9.73. The molecular weight excluding hydrogens is 568 g/mol. The molecule has 12 heteroatoms. The molecule has 3 aromatic rings. The number of rotatable bonds is 7. The zero-order valence-corrected chi connectivity index (χ0v) is 22.4. The van der Waals surface area contributed by atoms with Gasteiger partial charge in [0.15, 0.2) is 0 Å². The average Bonchev–Trinajstić information content (AvgIpc) is 3.27. The third kappa shape index (κ3) is 5.64. The Kier molecular flexibility index (Phi) is 7.74. The van der Waals surface area contributed by atoms with Gasteiger partial charge in [0.25, 0.3) is 11.8 Å². The summed E-state index contributed by atoms with van der Waals surface area (Å²) in [6.45, 7) is 0. The maximum absolute atomic E-state index is 14.5. The van der Waals surface area contributed by atoms with Crippen LogP contribution in [-0.2, 0) is 14.4 Å². The molecule has 2 atom stereocenters. The van der Waals surface area contributed by atoms with E-state index in [4.69, 9.17) is 23.2 Å². The Morgan fingerprint density at radius 3 is 2.50 bits per heavy atom. The fourth-order valence-electron chi connectivity index (χ4n) is 5.06. The van der Waals surface area contributed by atoms with E-state index in [0.29, 0.717) is 5.02 Å². The molecule has 3 amide bonds. The van der Waals surface area contributed by atoms with Gasteiger partial charge in [0.1, 0.15) is 23.7 Å². The molecule has 1 aromatic heterocycles. The van der Waals surface area contributed by atoms with E-state index >= 15 is 0 Å². The minimum atomic E-state index is -2.90. The van der Waals surface area contributed by atoms with Gasteiger partial charge in [-0.1, -0.05) is 47.5 Å². The summed E-state index contributed by atoms with van der Waals surface area (Å²) in [6.07, 6.45) is 0.398. The molecule has 7 nitrogen and oxygen atoms in total. The van der Waals surface area contributed by atoms with E-state index in [1.165, 1.54) is 53.6 Å². The third-order valence-corrected chi connectivity index (χ3v) is 7.50. The van der Waals surface area contributed by atoms with Crippen molar-refractivity contribution >= 4 is 52.4 Å². The lowest BCUT2D eigenvalue weighted by Crippen LogP contribution is -2.56. The summed E-state index contributed by atoms with van der Waals surface area (Å²) >= 11 is 12.6. The van der Waals surface area contributed by atoms with Crippen molar-refractivity contribution in [3.63, 3.8) is 0 Å². The van der Waals surface area contributed by atoms with Crippen LogP contribution in [0.5, 0.6) is 0 Å². The van der Waals surface area contributed by atoms with Crippen molar-refractivity contribution in [2.24, 2.45) is 0 Å². The molecule has 1 N–H and O–H groups in total. The van der Waals surface area contributed by atoms with E-state index in [0.717, 1.165) is 11.0 Å². The lowest BCUT2D eigenvalue weighted by molar-refractivity contribution is -0.133. The Bertz CT molecular complexity index is 1470. The molecule has 1 saturated carbocycles. The molecule has 2 fully saturated rings. The van der Waals surface area contributed by atoms with Crippen LogP contribution in [0.2, 0.25) is 10.0 Å². The number of aromatic nitrogens is 1. The zero-order valence-electron chi connectivity index (χ0n) is 20.9. The minimum Gasteiger partial charge on any atom is -0.351 e. The van der Waals surface area contributed by atoms with Gasteiger partial charge >= 0.3 is 0 Å². The van der Waals surface area contributed by atoms with Crippen LogP contribution >= 0.6 is 23.2 Å². The molecule has 1 aliphatic carbocycles. The van der Waals surface area contributed by atoms with E-state index < -0.39 is 54.5 Å². The number of nitrogens with zero attached hydrogens (tertiary/aromatic N) is 3. The molecule has 1 saturated heterocycles. The molecule has 1 aliphatic heterocycles. The summed E-state index contributed by atoms with van der Waals surface area (Å²) in [4.78, 5) is 47.6. The molecule has 0 spiro atoms. The zero-order chi connectivity index (χ0) is 28.6. The topological polar surface area (TPSA) is 82.6 Å². The predicted octanol–water partition coefficient (Wildman–Crippen LogP) is 5.71. The fourth-order valence-corrected chi connectivity index (χ4v) is 5.45. The smallest absolute Gasteiger partial charge is 0.252 e. The molecule has 5 rings (SSSR count). The molecule has 2 aromatic carbocycles. The number of anilines is 2. The van der Waals surface area contributed by atoms with Crippen LogP contribution in [0.25, 0.3) is 0 Å². The molecule has 2 aliphatic rings. The first kappa shape index (κ1) is 27.9. The second-order valence-corrected chi connectivity index (χ2v) is 10.6. The number of pyridine rings is 1. The van der Waals surface area contributed by atoms with E-state index in [1.807, 2.05) is 0 Å². The Morgan fingerprint density at radius 2 is 1.82 bits per heavy atom. The monoisotopic (exact) mass is 590 g/mol. The second kappa shape index (κ2) is 11.1. The van der Waals surface area contributed by atoms with Crippen molar-refractivity contribution in [3.05, 3.63) is 88.3 Å². The van der Waals surface area contributed by atoms with Gasteiger partial charge in [0.2, 0.25) is 11.8 Å². The van der Waals surface area contributed by atoms with E-state index in [9.17, 15) is 27.6 Å². The molecular formula is C28H23Cl2F3N4O3. The summed E-state index contributed by atoms with van der Waals surface area (Å²) in [5.74, 6) is -5.31. The van der Waals surface area contributed by atoms with Gasteiger partial charge in [-0.3, -0.25) is 24.2 Å². The van der Waals surface area contributed by atoms with Gasteiger partial charge in [0.05, 0.1) is 0 Å². The van der Waals surface area contributed by atoms with Gasteiger partial charge in [-0.15, -0.1) is 0 Å². The molecule has 0 unspecified atom stereocenters. The summed E-state index contributed by atoms with van der Waals surface area (Å²) in [5.41, 5.74) is 0.212. The van der Waals surface area contributed by atoms with Gasteiger partial charge in [-0.2, -0.15) is 0 Å². The van der Waals surface area contributed by atoms with Crippen LogP contribution in [-0.4, -0.2) is 40.7 Å². The summed E-state index contributed by atoms with van der Waals surface area (Å²) in [6, 6.07) is 10.9. The summed E-state index contributed by atoms with van der Waals surface area (Å²) < 4.78 is 41.6. The first-order valence-electron chi connectivity index (χ1n) is 12.5. The van der Waals surface area contributed by atoms with Crippen molar-refractivity contribution in [1.29, 1.82) is 0 Å². The number of hydrogen-bond donors (Lipinski definition) is 1. The summed E-state index contributed by atoms with van der Waals surface area (Å²) in [7, 11) is 0. The first-order chi connectivity index (χ1) is 19.0. The predicted molar refractivity (Wildman–Crippen MR) is 144 cm³/mol. The third-order valence-electron chi connectivity index (χ3n) is 6.92. The number of nitrogens with one attached hydrogen (secondary N) is 1. The SMILES string of the molecule is O=C(NC1CC(F)(F)C1)[C@H](c1ccccc1Cl)N(C(=O)[C@@H]1CCC(=O)N1c1cc(Cl)ccn1)c1cccc(F)c1. The van der Waals surface area contributed by atoms with Crippen molar-refractivity contribution in [1.82, 2.24) is 10.3 Å². The standard InChI is InChI=1S/C28H23Cl2F3N4O3/c29-16-10-11-34-23(12-16)37-22(8-9-24(37)38)27(40)36(19-5-3-4-17(31)13-19)25(20-6-1-2-7-21(20)30)26(39)35-18-14-28(32,33)15-18/h1-7,10-13,18,22,25H,8-9,14-15H2,(H,35,39)/t22-,25-/m0/s1. The highest BCUT2D eigenvalue weighted by atomic mass is 35.5. The molecule has 208 valence electrons. The Labute approximate surface area is 237 Å². The Morgan fingerprint density at radius 1 is 1.07 bits per heavy atom. The van der Waals surface area contributed by atoms with Crippen LogP contribution in [0.1, 0.15) is 37.3 Å². The van der Waals surface area contributed by atoms with Crippen LogP contribution < -0.4 is 15.1 Å². The lowest BCUT2D eigenvalue weighted by atomic mass is 9.87.